The highest BCUT2D eigenvalue weighted by atomic mass is 35.5. The molecule has 0 spiro atoms. The number of piperidine rings is 1. The van der Waals surface area contributed by atoms with E-state index >= 15 is 0 Å². The van der Waals surface area contributed by atoms with Crippen LogP contribution in [0.5, 0.6) is 0 Å². The lowest BCUT2D eigenvalue weighted by molar-refractivity contribution is -0.546. The summed E-state index contributed by atoms with van der Waals surface area (Å²) in [7, 11) is 1.30. The molecular formula is C23H26Cl2N3O4S2+. The number of aliphatic hydroxyl groups is 1. The molecule has 0 aliphatic carbocycles. The maximum absolute atomic E-state index is 12.8. The monoisotopic (exact) mass is 542 g/mol. The van der Waals surface area contributed by atoms with Gasteiger partial charge in [0.2, 0.25) is 5.91 Å². The Balaban J connectivity index is 1.60. The smallest absolute Gasteiger partial charge is 0.359 e. The molecule has 2 N–H and O–H groups in total. The van der Waals surface area contributed by atoms with E-state index < -0.39 is 12.0 Å². The molecule has 0 bridgehead atoms. The minimum Gasteiger partial charge on any atom is -0.467 e. The minimum absolute atomic E-state index is 0.0937. The molecule has 1 aliphatic heterocycles. The molecule has 2 heterocycles. The third-order valence-electron chi connectivity index (χ3n) is 5.56. The number of halogens is 2. The lowest BCUT2D eigenvalue weighted by Crippen LogP contribution is -2.47. The van der Waals surface area contributed by atoms with Crippen LogP contribution in [-0.2, 0) is 20.7 Å². The Labute approximate surface area is 216 Å². The number of aromatic nitrogens is 1. The fraction of sp³-hybridized carbons (Fsp3) is 0.391. The van der Waals surface area contributed by atoms with Crippen molar-refractivity contribution in [3.63, 3.8) is 0 Å². The van der Waals surface area contributed by atoms with E-state index in [-0.39, 0.29) is 17.7 Å². The number of thioether (sulfide) groups is 1. The zero-order valence-corrected chi connectivity index (χ0v) is 21.9. The third-order valence-corrected chi connectivity index (χ3v) is 8.15. The van der Waals surface area contributed by atoms with Crippen LogP contribution in [-0.4, -0.2) is 64.9 Å². The first kappa shape index (κ1) is 26.5. The topological polar surface area (TPSA) is 91.5 Å². The van der Waals surface area contributed by atoms with Gasteiger partial charge in [-0.2, -0.15) is 4.58 Å². The Bertz CT molecular complexity index is 1080. The van der Waals surface area contributed by atoms with Gasteiger partial charge in [0, 0.05) is 41.7 Å². The van der Waals surface area contributed by atoms with Gasteiger partial charge in [-0.1, -0.05) is 29.3 Å². The minimum atomic E-state index is -0.779. The van der Waals surface area contributed by atoms with Gasteiger partial charge in [0.1, 0.15) is 19.1 Å². The maximum Gasteiger partial charge on any atom is 0.359 e. The number of hydrogen-bond acceptors (Lipinski definition) is 6. The van der Waals surface area contributed by atoms with Gasteiger partial charge in [-0.3, -0.25) is 4.79 Å². The number of hydrogen-bond donors (Lipinski definition) is 2. The molecule has 182 valence electrons. The van der Waals surface area contributed by atoms with Crippen LogP contribution in [0.15, 0.2) is 34.7 Å². The standard InChI is InChI=1S/C23H25Cl2N3O4S2/c1-32-23(31)16(13-18-26-9-12-34-18)27-22(30)15-7-10-28(11-8-15)19(29)6-4-14-3-5-17(33-2)21(25)20(14)24/h3-6,9,12,15-16H,7-8,10-11,13H2,1-2H3,(H,27,30)/p+1/b6-4+. The molecule has 7 nitrogen and oxygen atoms in total. The molecule has 2 aromatic rings. The van der Waals surface area contributed by atoms with E-state index in [1.165, 1.54) is 30.2 Å². The van der Waals surface area contributed by atoms with Crippen molar-refractivity contribution < 1.29 is 24.0 Å². The normalized spacial score (nSPS) is 16.9. The Morgan fingerprint density at radius 2 is 2.09 bits per heavy atom. The molecule has 34 heavy (non-hydrogen) atoms. The van der Waals surface area contributed by atoms with Crippen molar-refractivity contribution >= 4 is 70.2 Å². The Morgan fingerprint density at radius 3 is 2.71 bits per heavy atom. The van der Waals surface area contributed by atoms with E-state index in [9.17, 15) is 14.7 Å². The zero-order valence-electron chi connectivity index (χ0n) is 18.8. The number of esters is 1. The van der Waals surface area contributed by atoms with Crippen LogP contribution >= 0.6 is 46.3 Å². The van der Waals surface area contributed by atoms with Crippen molar-refractivity contribution in [1.29, 1.82) is 0 Å². The summed E-state index contributed by atoms with van der Waals surface area (Å²) in [4.78, 5) is 30.0. The highest BCUT2D eigenvalue weighted by Gasteiger charge is 2.32. The number of nitrogens with zero attached hydrogens (tertiary/aromatic N) is 2. The molecular weight excluding hydrogens is 517 g/mol. The van der Waals surface area contributed by atoms with Crippen LogP contribution in [0, 0.1) is 5.92 Å². The van der Waals surface area contributed by atoms with Gasteiger partial charge in [-0.25, -0.2) is 9.78 Å². The second-order valence-electron chi connectivity index (χ2n) is 7.65. The van der Waals surface area contributed by atoms with Gasteiger partial charge in [0.15, 0.2) is 0 Å². The summed E-state index contributed by atoms with van der Waals surface area (Å²) in [6, 6.07) is 2.96. The van der Waals surface area contributed by atoms with Gasteiger partial charge in [-0.15, -0.1) is 23.1 Å². The van der Waals surface area contributed by atoms with Gasteiger partial charge >= 0.3 is 11.9 Å². The number of ether oxygens (including phenoxy) is 1. The van der Waals surface area contributed by atoms with E-state index in [0.29, 0.717) is 48.0 Å². The predicted octanol–water partition coefficient (Wildman–Crippen LogP) is 4.46. The summed E-state index contributed by atoms with van der Waals surface area (Å²) in [5, 5.41) is 16.8. The average molecular weight is 544 g/mol. The quantitative estimate of drug-likeness (QED) is 0.221. The van der Waals surface area contributed by atoms with E-state index in [4.69, 9.17) is 27.9 Å². The first-order valence-electron chi connectivity index (χ1n) is 10.6. The molecule has 1 unspecified atom stereocenters. The fourth-order valence-corrected chi connectivity index (χ4v) is 5.46. The second-order valence-corrected chi connectivity index (χ2v) is 10.2. The fourth-order valence-electron chi connectivity index (χ4n) is 3.63. The lowest BCUT2D eigenvalue weighted by atomic mass is 9.96. The van der Waals surface area contributed by atoms with Gasteiger partial charge in [0.25, 0.3) is 0 Å². The van der Waals surface area contributed by atoms with Crippen molar-refractivity contribution in [1.82, 2.24) is 10.3 Å². The highest BCUT2D eigenvalue weighted by Crippen LogP contribution is 2.35. The second kappa shape index (κ2) is 12.6. The number of thiazole rings is 1. The summed E-state index contributed by atoms with van der Waals surface area (Å²) in [6.45, 7) is 1.01. The summed E-state index contributed by atoms with van der Waals surface area (Å²) in [5.41, 5.74) is 0.708. The molecule has 1 fully saturated rings. The highest BCUT2D eigenvalue weighted by molar-refractivity contribution is 7.98. The van der Waals surface area contributed by atoms with Crippen LogP contribution < -0.4 is 5.32 Å². The Kier molecular flexibility index (Phi) is 9.82. The molecule has 1 aromatic carbocycles. The molecule has 1 atom stereocenters. The molecule has 1 amide bonds. The summed E-state index contributed by atoms with van der Waals surface area (Å²) in [6.07, 6.45) is 8.26. The first-order chi connectivity index (χ1) is 16.3. The molecule has 0 radical (unpaired) electrons. The van der Waals surface area contributed by atoms with Crippen LogP contribution in [0.25, 0.3) is 6.08 Å². The van der Waals surface area contributed by atoms with E-state index in [1.54, 1.807) is 22.9 Å². The number of amides is 1. The lowest BCUT2D eigenvalue weighted by Gasteiger charge is -2.23. The summed E-state index contributed by atoms with van der Waals surface area (Å²) >= 11 is 15.5. The summed E-state index contributed by atoms with van der Waals surface area (Å²) in [5.74, 6) is -0.863. The zero-order chi connectivity index (χ0) is 24.7. The number of rotatable bonds is 8. The Hall–Kier alpha value is -2.07. The SMILES string of the molecule is COC(=O)C(Cc1nccs1)NC(=O)C1CC[N+](=C(O)/C=C/c2ccc(SC)c(Cl)c2Cl)CC1. The van der Waals surface area contributed by atoms with E-state index in [2.05, 4.69) is 10.3 Å². The van der Waals surface area contributed by atoms with Crippen LogP contribution in [0.2, 0.25) is 10.0 Å². The van der Waals surface area contributed by atoms with Gasteiger partial charge in [0.05, 0.1) is 28.2 Å². The molecule has 3 rings (SSSR count). The molecule has 11 heteroatoms. The van der Waals surface area contributed by atoms with Crippen molar-refractivity contribution in [3.05, 3.63) is 50.4 Å². The summed E-state index contributed by atoms with van der Waals surface area (Å²) < 4.78 is 6.65. The molecule has 1 saturated heterocycles. The van der Waals surface area contributed by atoms with Crippen LogP contribution in [0.4, 0.5) is 0 Å². The van der Waals surface area contributed by atoms with Crippen molar-refractivity contribution in [2.45, 2.75) is 30.2 Å². The first-order valence-corrected chi connectivity index (χ1v) is 13.5. The number of carbonyl (C=O) groups excluding carboxylic acids is 2. The largest absolute Gasteiger partial charge is 0.467 e. The van der Waals surface area contributed by atoms with E-state index in [1.807, 2.05) is 23.8 Å². The number of methoxy groups -OCH3 is 1. The maximum atomic E-state index is 12.8. The van der Waals surface area contributed by atoms with Crippen molar-refractivity contribution in [3.8, 4) is 0 Å². The number of carbonyl (C=O) groups is 2. The van der Waals surface area contributed by atoms with Crippen LogP contribution in [0.1, 0.15) is 23.4 Å². The van der Waals surface area contributed by atoms with Gasteiger partial charge < -0.3 is 15.2 Å². The molecule has 1 aromatic heterocycles. The Morgan fingerprint density at radius 1 is 1.35 bits per heavy atom. The van der Waals surface area contributed by atoms with E-state index in [0.717, 1.165) is 9.90 Å². The van der Waals surface area contributed by atoms with Crippen LogP contribution in [0.3, 0.4) is 0 Å². The molecule has 0 saturated carbocycles. The van der Waals surface area contributed by atoms with Crippen molar-refractivity contribution in [2.75, 3.05) is 26.5 Å². The average Bonchev–Trinajstić information content (AvgIpc) is 3.37. The van der Waals surface area contributed by atoms with Gasteiger partial charge in [-0.05, 0) is 24.0 Å². The third kappa shape index (κ3) is 6.75. The predicted molar refractivity (Wildman–Crippen MR) is 137 cm³/mol. The van der Waals surface area contributed by atoms with Crippen molar-refractivity contribution in [2.24, 2.45) is 5.92 Å². The number of aliphatic hydroxyl groups excluding tert-OH is 1. The molecule has 1 aliphatic rings. The number of benzene rings is 1. The number of nitrogens with one attached hydrogen (secondary N) is 1.